The molecule has 0 amide bonds. The zero-order valence-corrected chi connectivity index (χ0v) is 7.16. The maximum atomic E-state index is 12.7. The summed E-state index contributed by atoms with van der Waals surface area (Å²) in [6.45, 7) is 0.700. The molecule has 1 atom stereocenters. The van der Waals surface area contributed by atoms with E-state index in [-0.39, 0.29) is 5.82 Å². The van der Waals surface area contributed by atoms with E-state index in [0.29, 0.717) is 17.2 Å². The van der Waals surface area contributed by atoms with Crippen molar-refractivity contribution in [3.8, 4) is 0 Å². The third-order valence-electron chi connectivity index (χ3n) is 1.79. The first-order chi connectivity index (χ1) is 5.77. The molecule has 1 N–H and O–H groups in total. The minimum Gasteiger partial charge on any atom is -0.383 e. The Morgan fingerprint density at radius 1 is 1.50 bits per heavy atom. The fourth-order valence-corrected chi connectivity index (χ4v) is 2.36. The van der Waals surface area contributed by atoms with E-state index in [9.17, 15) is 8.60 Å². The van der Waals surface area contributed by atoms with E-state index in [2.05, 4.69) is 5.32 Å². The molecule has 0 radical (unpaired) electrons. The molecule has 0 aliphatic carbocycles. The summed E-state index contributed by atoms with van der Waals surface area (Å²) in [4.78, 5) is 0.584. The lowest BCUT2D eigenvalue weighted by molar-refractivity contribution is 0.622. The average molecular weight is 185 g/mol. The molecule has 0 bridgehead atoms. The lowest BCUT2D eigenvalue weighted by atomic mass is 10.3. The Hall–Kier alpha value is -0.900. The zero-order chi connectivity index (χ0) is 8.55. The predicted octanol–water partition coefficient (Wildman–Crippen LogP) is 1.36. The van der Waals surface area contributed by atoms with Crippen molar-refractivity contribution in [2.45, 2.75) is 4.90 Å². The van der Waals surface area contributed by atoms with Crippen LogP contribution in [0, 0.1) is 5.82 Å². The first kappa shape index (κ1) is 7.73. The zero-order valence-electron chi connectivity index (χ0n) is 6.34. The van der Waals surface area contributed by atoms with Gasteiger partial charge in [-0.05, 0) is 18.2 Å². The highest BCUT2D eigenvalue weighted by molar-refractivity contribution is 7.85. The second-order valence-corrected chi connectivity index (χ2v) is 4.16. The van der Waals surface area contributed by atoms with Crippen molar-refractivity contribution in [1.29, 1.82) is 0 Å². The summed E-state index contributed by atoms with van der Waals surface area (Å²) >= 11 is 0. The summed E-state index contributed by atoms with van der Waals surface area (Å²) in [6, 6.07) is 4.33. The SMILES string of the molecule is O=S1CCNc2ccc(F)cc21. The van der Waals surface area contributed by atoms with E-state index < -0.39 is 10.8 Å². The van der Waals surface area contributed by atoms with Crippen molar-refractivity contribution in [2.75, 3.05) is 17.6 Å². The van der Waals surface area contributed by atoms with Crippen molar-refractivity contribution in [1.82, 2.24) is 0 Å². The van der Waals surface area contributed by atoms with Crippen LogP contribution in [0.2, 0.25) is 0 Å². The van der Waals surface area contributed by atoms with Gasteiger partial charge in [0.25, 0.3) is 0 Å². The molecule has 0 aromatic heterocycles. The number of anilines is 1. The van der Waals surface area contributed by atoms with E-state index in [0.717, 1.165) is 5.69 Å². The van der Waals surface area contributed by atoms with E-state index in [4.69, 9.17) is 0 Å². The molecule has 0 saturated carbocycles. The maximum absolute atomic E-state index is 12.7. The summed E-state index contributed by atoms with van der Waals surface area (Å²) in [5.74, 6) is 0.238. The Bertz CT molecular complexity index is 340. The molecule has 12 heavy (non-hydrogen) atoms. The Balaban J connectivity index is 2.54. The Kier molecular flexibility index (Phi) is 1.84. The van der Waals surface area contributed by atoms with Crippen molar-refractivity contribution >= 4 is 16.5 Å². The van der Waals surface area contributed by atoms with Crippen LogP contribution in [0.5, 0.6) is 0 Å². The summed E-state index contributed by atoms with van der Waals surface area (Å²) in [6.07, 6.45) is 0. The van der Waals surface area contributed by atoms with Crippen LogP contribution in [0.1, 0.15) is 0 Å². The molecule has 64 valence electrons. The van der Waals surface area contributed by atoms with Crippen LogP contribution in [0.4, 0.5) is 10.1 Å². The van der Waals surface area contributed by atoms with Crippen LogP contribution in [-0.4, -0.2) is 16.5 Å². The molecule has 1 aromatic rings. The molecule has 0 fully saturated rings. The highest BCUT2D eigenvalue weighted by Crippen LogP contribution is 2.23. The van der Waals surface area contributed by atoms with Crippen LogP contribution in [0.25, 0.3) is 0 Å². The topological polar surface area (TPSA) is 29.1 Å². The van der Waals surface area contributed by atoms with Crippen molar-refractivity contribution < 1.29 is 8.60 Å². The predicted molar refractivity (Wildman–Crippen MR) is 46.2 cm³/mol. The lowest BCUT2D eigenvalue weighted by Crippen LogP contribution is -2.18. The third kappa shape index (κ3) is 1.22. The molecule has 1 unspecified atom stereocenters. The largest absolute Gasteiger partial charge is 0.383 e. The first-order valence-corrected chi connectivity index (χ1v) is 5.01. The quantitative estimate of drug-likeness (QED) is 0.661. The van der Waals surface area contributed by atoms with Gasteiger partial charge < -0.3 is 5.32 Å². The number of rotatable bonds is 0. The smallest absolute Gasteiger partial charge is 0.124 e. The van der Waals surface area contributed by atoms with Gasteiger partial charge in [0.05, 0.1) is 21.4 Å². The van der Waals surface area contributed by atoms with Gasteiger partial charge in [-0.1, -0.05) is 0 Å². The lowest BCUT2D eigenvalue weighted by Gasteiger charge is -2.16. The van der Waals surface area contributed by atoms with Crippen molar-refractivity contribution in [3.63, 3.8) is 0 Å². The van der Waals surface area contributed by atoms with Crippen LogP contribution in [0.3, 0.4) is 0 Å². The second kappa shape index (κ2) is 2.86. The van der Waals surface area contributed by atoms with E-state index in [1.807, 2.05) is 0 Å². The number of fused-ring (bicyclic) bond motifs is 1. The molecule has 1 aliphatic heterocycles. The van der Waals surface area contributed by atoms with Gasteiger partial charge >= 0.3 is 0 Å². The van der Waals surface area contributed by atoms with Gasteiger partial charge in [0, 0.05) is 12.3 Å². The number of nitrogens with one attached hydrogen (secondary N) is 1. The van der Waals surface area contributed by atoms with E-state index in [1.165, 1.54) is 12.1 Å². The van der Waals surface area contributed by atoms with Gasteiger partial charge in [-0.2, -0.15) is 0 Å². The Morgan fingerprint density at radius 3 is 3.17 bits per heavy atom. The second-order valence-electron chi connectivity index (χ2n) is 2.62. The molecule has 1 aliphatic rings. The van der Waals surface area contributed by atoms with Crippen LogP contribution in [-0.2, 0) is 10.8 Å². The monoisotopic (exact) mass is 185 g/mol. The number of halogens is 1. The van der Waals surface area contributed by atoms with E-state index in [1.54, 1.807) is 6.07 Å². The standard InChI is InChI=1S/C8H8FNOS/c9-6-1-2-7-8(5-6)12(11)4-3-10-7/h1-2,5,10H,3-4H2. The molecule has 0 spiro atoms. The van der Waals surface area contributed by atoms with Gasteiger partial charge in [0.2, 0.25) is 0 Å². The molecule has 1 aromatic carbocycles. The fourth-order valence-electron chi connectivity index (χ4n) is 1.22. The van der Waals surface area contributed by atoms with Crippen molar-refractivity contribution in [2.24, 2.45) is 0 Å². The van der Waals surface area contributed by atoms with Gasteiger partial charge in [0.15, 0.2) is 0 Å². The Labute approximate surface area is 72.2 Å². The number of hydrogen-bond acceptors (Lipinski definition) is 2. The van der Waals surface area contributed by atoms with Crippen LogP contribution >= 0.6 is 0 Å². The molecule has 0 saturated heterocycles. The molecular weight excluding hydrogens is 177 g/mol. The molecule has 2 nitrogen and oxygen atoms in total. The van der Waals surface area contributed by atoms with Gasteiger partial charge in [-0.3, -0.25) is 4.21 Å². The number of hydrogen-bond donors (Lipinski definition) is 1. The maximum Gasteiger partial charge on any atom is 0.124 e. The third-order valence-corrected chi connectivity index (χ3v) is 3.20. The van der Waals surface area contributed by atoms with Crippen LogP contribution in [0.15, 0.2) is 23.1 Å². The Morgan fingerprint density at radius 2 is 2.33 bits per heavy atom. The minimum atomic E-state index is -1.03. The summed E-state index contributed by atoms with van der Waals surface area (Å²) < 4.78 is 24.0. The van der Waals surface area contributed by atoms with Gasteiger partial charge in [0.1, 0.15) is 5.82 Å². The first-order valence-electron chi connectivity index (χ1n) is 3.69. The molecule has 4 heteroatoms. The molecular formula is C8H8FNOS. The highest BCUT2D eigenvalue weighted by atomic mass is 32.2. The summed E-state index contributed by atoms with van der Waals surface area (Å²) in [5, 5.41) is 3.06. The highest BCUT2D eigenvalue weighted by Gasteiger charge is 2.15. The van der Waals surface area contributed by atoms with Crippen LogP contribution < -0.4 is 5.32 Å². The summed E-state index contributed by atoms with van der Waals surface area (Å²) in [5.41, 5.74) is 0.793. The van der Waals surface area contributed by atoms with Gasteiger partial charge in [-0.25, -0.2) is 4.39 Å². The normalized spacial score (nSPS) is 21.2. The molecule has 2 rings (SSSR count). The summed E-state index contributed by atoms with van der Waals surface area (Å²) in [7, 11) is -1.03. The average Bonchev–Trinajstić information content (AvgIpc) is 2.07. The van der Waals surface area contributed by atoms with E-state index >= 15 is 0 Å². The fraction of sp³-hybridized carbons (Fsp3) is 0.250. The number of benzene rings is 1. The van der Waals surface area contributed by atoms with Crippen molar-refractivity contribution in [3.05, 3.63) is 24.0 Å². The minimum absolute atomic E-state index is 0.328. The van der Waals surface area contributed by atoms with Gasteiger partial charge in [-0.15, -0.1) is 0 Å². The molecule has 1 heterocycles.